The maximum Gasteiger partial charge on any atom is 0.222 e. The van der Waals surface area contributed by atoms with Crippen LogP contribution in [0.5, 0.6) is 0 Å². The van der Waals surface area contributed by atoms with Gasteiger partial charge in [-0.1, -0.05) is 6.07 Å². The molecular formula is C15H22N2O2S. The third kappa shape index (κ3) is 3.05. The van der Waals surface area contributed by atoms with Crippen molar-refractivity contribution in [2.75, 3.05) is 26.2 Å². The van der Waals surface area contributed by atoms with Crippen LogP contribution in [-0.4, -0.2) is 53.1 Å². The van der Waals surface area contributed by atoms with E-state index in [9.17, 15) is 9.90 Å². The smallest absolute Gasteiger partial charge is 0.222 e. The lowest BCUT2D eigenvalue weighted by Gasteiger charge is -2.28. The SMILES string of the molecule is O=C1CCCN1C[C@@H](O)CN1CCC[C@@H]1c1cccs1. The van der Waals surface area contributed by atoms with Gasteiger partial charge in [0, 0.05) is 37.0 Å². The minimum absolute atomic E-state index is 0.195. The number of aliphatic hydroxyl groups excluding tert-OH is 1. The fourth-order valence-electron chi connectivity index (χ4n) is 3.33. The molecule has 5 heteroatoms. The summed E-state index contributed by atoms with van der Waals surface area (Å²) in [6.07, 6.45) is 3.52. The number of carbonyl (C=O) groups excluding carboxylic acids is 1. The van der Waals surface area contributed by atoms with E-state index >= 15 is 0 Å². The van der Waals surface area contributed by atoms with Crippen LogP contribution in [0.15, 0.2) is 17.5 Å². The van der Waals surface area contributed by atoms with Gasteiger partial charge in [0.05, 0.1) is 6.10 Å². The van der Waals surface area contributed by atoms with Crippen molar-refractivity contribution in [2.45, 2.75) is 37.8 Å². The molecule has 3 rings (SSSR count). The molecule has 0 aromatic carbocycles. The van der Waals surface area contributed by atoms with Gasteiger partial charge in [0.25, 0.3) is 0 Å². The van der Waals surface area contributed by atoms with E-state index in [0.717, 1.165) is 19.5 Å². The van der Waals surface area contributed by atoms with Crippen molar-refractivity contribution in [3.8, 4) is 0 Å². The highest BCUT2D eigenvalue weighted by Gasteiger charge is 2.29. The molecule has 0 saturated carbocycles. The third-order valence-electron chi connectivity index (χ3n) is 4.28. The highest BCUT2D eigenvalue weighted by Crippen LogP contribution is 2.34. The molecule has 2 aliphatic heterocycles. The average molecular weight is 294 g/mol. The summed E-state index contributed by atoms with van der Waals surface area (Å²) in [4.78, 5) is 17.2. The molecule has 1 aromatic heterocycles. The van der Waals surface area contributed by atoms with E-state index in [4.69, 9.17) is 0 Å². The summed E-state index contributed by atoms with van der Waals surface area (Å²) in [6.45, 7) is 3.02. The summed E-state index contributed by atoms with van der Waals surface area (Å²) in [6, 6.07) is 4.73. The van der Waals surface area contributed by atoms with Crippen molar-refractivity contribution in [3.05, 3.63) is 22.4 Å². The van der Waals surface area contributed by atoms with Crippen molar-refractivity contribution in [1.29, 1.82) is 0 Å². The highest BCUT2D eigenvalue weighted by atomic mass is 32.1. The van der Waals surface area contributed by atoms with Gasteiger partial charge in [0.2, 0.25) is 5.91 Å². The topological polar surface area (TPSA) is 43.8 Å². The third-order valence-corrected chi connectivity index (χ3v) is 5.26. The molecule has 1 amide bonds. The van der Waals surface area contributed by atoms with Crippen LogP contribution in [0, 0.1) is 0 Å². The molecular weight excluding hydrogens is 272 g/mol. The molecule has 4 nitrogen and oxygen atoms in total. The first-order valence-electron chi connectivity index (χ1n) is 7.47. The normalized spacial score (nSPS) is 25.6. The van der Waals surface area contributed by atoms with Crippen LogP contribution in [0.1, 0.15) is 36.6 Å². The molecule has 2 atom stereocenters. The first kappa shape index (κ1) is 14.0. The zero-order valence-electron chi connectivity index (χ0n) is 11.7. The molecule has 0 radical (unpaired) electrons. The van der Waals surface area contributed by atoms with Crippen LogP contribution < -0.4 is 0 Å². The second-order valence-corrected chi connectivity index (χ2v) is 6.74. The number of hydrogen-bond acceptors (Lipinski definition) is 4. The van der Waals surface area contributed by atoms with Crippen molar-refractivity contribution in [2.24, 2.45) is 0 Å². The van der Waals surface area contributed by atoms with Crippen LogP contribution >= 0.6 is 11.3 Å². The number of rotatable bonds is 5. The largest absolute Gasteiger partial charge is 0.390 e. The van der Waals surface area contributed by atoms with Crippen molar-refractivity contribution >= 4 is 17.2 Å². The molecule has 1 aromatic rings. The van der Waals surface area contributed by atoms with Crippen LogP contribution in [0.25, 0.3) is 0 Å². The van der Waals surface area contributed by atoms with E-state index in [1.54, 1.807) is 16.2 Å². The molecule has 0 bridgehead atoms. The van der Waals surface area contributed by atoms with Gasteiger partial charge in [0.15, 0.2) is 0 Å². The van der Waals surface area contributed by atoms with E-state index in [0.29, 0.717) is 25.6 Å². The van der Waals surface area contributed by atoms with Gasteiger partial charge in [0.1, 0.15) is 0 Å². The van der Waals surface area contributed by atoms with Crippen LogP contribution in [0.4, 0.5) is 0 Å². The number of β-amino-alcohol motifs (C(OH)–C–C–N with tert-alkyl or cyclic N) is 1. The van der Waals surface area contributed by atoms with E-state index in [1.807, 2.05) is 0 Å². The number of amides is 1. The average Bonchev–Trinajstić information content (AvgIpc) is 3.11. The number of aliphatic hydroxyl groups is 1. The fraction of sp³-hybridized carbons (Fsp3) is 0.667. The highest BCUT2D eigenvalue weighted by molar-refractivity contribution is 7.10. The summed E-state index contributed by atoms with van der Waals surface area (Å²) < 4.78 is 0. The first-order chi connectivity index (χ1) is 9.74. The maximum absolute atomic E-state index is 11.6. The molecule has 1 N–H and O–H groups in total. The number of carbonyl (C=O) groups is 1. The lowest BCUT2D eigenvalue weighted by molar-refractivity contribution is -0.129. The predicted molar refractivity (Wildman–Crippen MR) is 79.7 cm³/mol. The van der Waals surface area contributed by atoms with Gasteiger partial charge < -0.3 is 10.0 Å². The number of thiophene rings is 1. The quantitative estimate of drug-likeness (QED) is 0.901. The number of nitrogens with zero attached hydrogens (tertiary/aromatic N) is 2. The summed E-state index contributed by atoms with van der Waals surface area (Å²) in [5.41, 5.74) is 0. The van der Waals surface area contributed by atoms with Crippen LogP contribution in [0.2, 0.25) is 0 Å². The molecule has 2 saturated heterocycles. The van der Waals surface area contributed by atoms with Gasteiger partial charge in [-0.3, -0.25) is 9.69 Å². The second kappa shape index (κ2) is 6.24. The molecule has 0 aliphatic carbocycles. The Morgan fingerprint density at radius 2 is 2.25 bits per heavy atom. The Balaban J connectivity index is 1.55. The minimum Gasteiger partial charge on any atom is -0.390 e. The van der Waals surface area contributed by atoms with Crippen LogP contribution in [0.3, 0.4) is 0 Å². The van der Waals surface area contributed by atoms with Gasteiger partial charge in [-0.25, -0.2) is 0 Å². The molecule has 0 spiro atoms. The minimum atomic E-state index is -0.433. The van der Waals surface area contributed by atoms with Crippen molar-refractivity contribution in [3.63, 3.8) is 0 Å². The van der Waals surface area contributed by atoms with E-state index in [2.05, 4.69) is 22.4 Å². The van der Waals surface area contributed by atoms with Crippen LogP contribution in [-0.2, 0) is 4.79 Å². The maximum atomic E-state index is 11.6. The Kier molecular flexibility index (Phi) is 4.38. The monoisotopic (exact) mass is 294 g/mol. The first-order valence-corrected chi connectivity index (χ1v) is 8.35. The summed E-state index contributed by atoms with van der Waals surface area (Å²) in [5.74, 6) is 0.195. The lowest BCUT2D eigenvalue weighted by Crippen LogP contribution is -2.40. The van der Waals surface area contributed by atoms with Gasteiger partial charge >= 0.3 is 0 Å². The molecule has 2 fully saturated rings. The van der Waals surface area contributed by atoms with E-state index < -0.39 is 6.10 Å². The zero-order valence-corrected chi connectivity index (χ0v) is 12.5. The molecule has 20 heavy (non-hydrogen) atoms. The Hall–Kier alpha value is -0.910. The van der Waals surface area contributed by atoms with Crippen molar-refractivity contribution in [1.82, 2.24) is 9.80 Å². The molecule has 3 heterocycles. The fourth-order valence-corrected chi connectivity index (χ4v) is 4.22. The van der Waals surface area contributed by atoms with E-state index in [1.165, 1.54) is 17.7 Å². The number of hydrogen-bond donors (Lipinski definition) is 1. The Morgan fingerprint density at radius 1 is 1.35 bits per heavy atom. The Labute approximate surface area is 124 Å². The Bertz CT molecular complexity index is 449. The second-order valence-electron chi connectivity index (χ2n) is 5.77. The summed E-state index contributed by atoms with van der Waals surface area (Å²) >= 11 is 1.80. The van der Waals surface area contributed by atoms with E-state index in [-0.39, 0.29) is 5.91 Å². The van der Waals surface area contributed by atoms with Gasteiger partial charge in [-0.2, -0.15) is 0 Å². The molecule has 2 aliphatic rings. The van der Waals surface area contributed by atoms with Gasteiger partial charge in [-0.15, -0.1) is 11.3 Å². The van der Waals surface area contributed by atoms with Crippen molar-refractivity contribution < 1.29 is 9.90 Å². The standard InChI is InChI=1S/C15H22N2O2S/c18-12(11-17-8-2-6-15(17)19)10-16-7-1-4-13(16)14-5-3-9-20-14/h3,5,9,12-13,18H,1-2,4,6-8,10-11H2/t12-,13+/m0/s1. The summed E-state index contributed by atoms with van der Waals surface area (Å²) in [5, 5.41) is 12.4. The lowest BCUT2D eigenvalue weighted by atomic mass is 10.2. The summed E-state index contributed by atoms with van der Waals surface area (Å²) in [7, 11) is 0. The predicted octanol–water partition coefficient (Wildman–Crippen LogP) is 1.87. The molecule has 110 valence electrons. The number of likely N-dealkylation sites (tertiary alicyclic amines) is 2. The molecule has 0 unspecified atom stereocenters. The zero-order chi connectivity index (χ0) is 13.9. The Morgan fingerprint density at radius 3 is 2.95 bits per heavy atom. The van der Waals surface area contributed by atoms with Gasteiger partial charge in [-0.05, 0) is 37.3 Å².